The van der Waals surface area contributed by atoms with Gasteiger partial charge in [0.2, 0.25) is 0 Å². The van der Waals surface area contributed by atoms with E-state index in [4.69, 9.17) is 9.15 Å². The molecule has 0 atom stereocenters. The molecule has 0 aliphatic carbocycles. The molecule has 0 N–H and O–H groups in total. The zero-order valence-corrected chi connectivity index (χ0v) is 11.0. The van der Waals surface area contributed by atoms with E-state index >= 15 is 0 Å². The summed E-state index contributed by atoms with van der Waals surface area (Å²) in [7, 11) is 0. The first-order chi connectivity index (χ1) is 9.34. The molecule has 1 aromatic heterocycles. The maximum absolute atomic E-state index is 12.9. The van der Waals surface area contributed by atoms with Gasteiger partial charge in [-0.1, -0.05) is 6.92 Å². The molecule has 2 rings (SSSR count). The topological polar surface area (TPSA) is 39.4 Å². The van der Waals surface area contributed by atoms with Gasteiger partial charge in [0.05, 0.1) is 12.2 Å². The molecule has 0 radical (unpaired) electrons. The van der Waals surface area contributed by atoms with E-state index in [0.717, 1.165) is 6.42 Å². The normalized spacial score (nSPS) is 11.8. The number of hydrogen-bond acceptors (Lipinski definition) is 3. The van der Waals surface area contributed by atoms with Crippen molar-refractivity contribution in [3.8, 4) is 5.75 Å². The first kappa shape index (κ1) is 14.4. The minimum atomic E-state index is -4.60. The predicted molar refractivity (Wildman–Crippen MR) is 68.0 cm³/mol. The summed E-state index contributed by atoms with van der Waals surface area (Å²) < 4.78 is 49.1. The molecule has 0 fully saturated rings. The van der Waals surface area contributed by atoms with Gasteiger partial charge in [0.25, 0.3) is 0 Å². The Hall–Kier alpha value is -1.98. The summed E-state index contributed by atoms with van der Waals surface area (Å²) in [5.41, 5.74) is -1.72. The van der Waals surface area contributed by atoms with Crippen LogP contribution in [-0.2, 0) is 6.18 Å². The van der Waals surface area contributed by atoms with Crippen LogP contribution in [0.5, 0.6) is 5.75 Å². The molecule has 20 heavy (non-hydrogen) atoms. The Morgan fingerprint density at radius 2 is 2.00 bits per heavy atom. The molecule has 0 spiro atoms. The lowest BCUT2D eigenvalue weighted by Gasteiger charge is -2.13. The summed E-state index contributed by atoms with van der Waals surface area (Å²) in [6.45, 7) is 3.92. The highest BCUT2D eigenvalue weighted by Crippen LogP contribution is 2.36. The van der Waals surface area contributed by atoms with Gasteiger partial charge in [-0.15, -0.1) is 0 Å². The van der Waals surface area contributed by atoms with Crippen molar-refractivity contribution in [2.24, 2.45) is 0 Å². The highest BCUT2D eigenvalue weighted by atomic mass is 19.4. The number of fused-ring (bicyclic) bond motifs is 1. The molecule has 0 unspecified atom stereocenters. The highest BCUT2D eigenvalue weighted by Gasteiger charge is 2.34. The van der Waals surface area contributed by atoms with Gasteiger partial charge in [0, 0.05) is 17.0 Å². The van der Waals surface area contributed by atoms with E-state index in [9.17, 15) is 18.0 Å². The molecule has 108 valence electrons. The second-order valence-corrected chi connectivity index (χ2v) is 4.39. The van der Waals surface area contributed by atoms with Crippen LogP contribution >= 0.6 is 0 Å². The lowest BCUT2D eigenvalue weighted by molar-refractivity contribution is -0.136. The lowest BCUT2D eigenvalue weighted by atomic mass is 10.1. The third-order valence-electron chi connectivity index (χ3n) is 2.88. The Morgan fingerprint density at radius 3 is 2.60 bits per heavy atom. The van der Waals surface area contributed by atoms with Crippen LogP contribution in [0.3, 0.4) is 0 Å². The fourth-order valence-electron chi connectivity index (χ4n) is 1.95. The van der Waals surface area contributed by atoms with Crippen molar-refractivity contribution < 1.29 is 22.3 Å². The standard InChI is InChI=1S/C14H13F3O3/c1-3-6-19-11-5-4-9-10(14(15,16)17)7-12(18)20-13(9)8(11)2/h4-5,7H,3,6H2,1-2H3. The quantitative estimate of drug-likeness (QED) is 0.803. The molecule has 0 saturated heterocycles. The largest absolute Gasteiger partial charge is 0.493 e. The van der Waals surface area contributed by atoms with Gasteiger partial charge in [-0.05, 0) is 25.5 Å². The third-order valence-corrected chi connectivity index (χ3v) is 2.88. The number of benzene rings is 1. The SMILES string of the molecule is CCCOc1ccc2c(C(F)(F)F)cc(=O)oc2c1C. The van der Waals surface area contributed by atoms with Crippen LogP contribution in [-0.4, -0.2) is 6.61 Å². The zero-order valence-electron chi connectivity index (χ0n) is 11.0. The van der Waals surface area contributed by atoms with Crippen molar-refractivity contribution in [1.82, 2.24) is 0 Å². The highest BCUT2D eigenvalue weighted by molar-refractivity contribution is 5.85. The molecule has 1 heterocycles. The van der Waals surface area contributed by atoms with E-state index in [0.29, 0.717) is 24.0 Å². The van der Waals surface area contributed by atoms with E-state index in [2.05, 4.69) is 0 Å². The number of halogens is 3. The molecule has 0 aliphatic heterocycles. The molecule has 2 aromatic rings. The van der Waals surface area contributed by atoms with E-state index in [1.165, 1.54) is 12.1 Å². The fraction of sp³-hybridized carbons (Fsp3) is 0.357. The molecule has 3 nitrogen and oxygen atoms in total. The van der Waals surface area contributed by atoms with Gasteiger partial charge >= 0.3 is 11.8 Å². The summed E-state index contributed by atoms with van der Waals surface area (Å²) in [6.07, 6.45) is -3.84. The molecular formula is C14H13F3O3. The van der Waals surface area contributed by atoms with E-state index < -0.39 is 17.4 Å². The summed E-state index contributed by atoms with van der Waals surface area (Å²) in [5, 5.41) is -0.140. The zero-order chi connectivity index (χ0) is 14.9. The van der Waals surface area contributed by atoms with Crippen molar-refractivity contribution in [3.05, 3.63) is 39.7 Å². The van der Waals surface area contributed by atoms with Crippen molar-refractivity contribution in [2.75, 3.05) is 6.61 Å². The van der Waals surface area contributed by atoms with Crippen LogP contribution in [0.2, 0.25) is 0 Å². The van der Waals surface area contributed by atoms with Gasteiger partial charge in [0.15, 0.2) is 0 Å². The van der Waals surface area contributed by atoms with E-state index in [1.807, 2.05) is 6.92 Å². The Morgan fingerprint density at radius 1 is 1.30 bits per heavy atom. The first-order valence-electron chi connectivity index (χ1n) is 6.12. The van der Waals surface area contributed by atoms with Crippen LogP contribution in [0.25, 0.3) is 11.0 Å². The second kappa shape index (κ2) is 5.19. The average molecular weight is 286 g/mol. The molecular weight excluding hydrogens is 273 g/mol. The van der Waals surface area contributed by atoms with Gasteiger partial charge in [-0.2, -0.15) is 13.2 Å². The molecule has 0 saturated carbocycles. The average Bonchev–Trinajstić information content (AvgIpc) is 2.37. The minimum Gasteiger partial charge on any atom is -0.493 e. The van der Waals surface area contributed by atoms with Crippen molar-refractivity contribution in [2.45, 2.75) is 26.4 Å². The van der Waals surface area contributed by atoms with Crippen LogP contribution in [0.1, 0.15) is 24.5 Å². The number of alkyl halides is 3. The van der Waals surface area contributed by atoms with Crippen LogP contribution in [0.4, 0.5) is 13.2 Å². The maximum atomic E-state index is 12.9. The number of ether oxygens (including phenoxy) is 1. The maximum Gasteiger partial charge on any atom is 0.417 e. The molecule has 1 aromatic carbocycles. The van der Waals surface area contributed by atoms with Gasteiger partial charge < -0.3 is 9.15 Å². The summed E-state index contributed by atoms with van der Waals surface area (Å²) >= 11 is 0. The monoisotopic (exact) mass is 286 g/mol. The predicted octanol–water partition coefficient (Wildman–Crippen LogP) is 3.91. The number of aryl methyl sites for hydroxylation is 1. The number of rotatable bonds is 3. The summed E-state index contributed by atoms with van der Waals surface area (Å²) in [4.78, 5) is 11.3. The third kappa shape index (κ3) is 2.64. The lowest BCUT2D eigenvalue weighted by Crippen LogP contribution is -2.11. The Labute approximate surface area is 113 Å². The van der Waals surface area contributed by atoms with Crippen molar-refractivity contribution in [1.29, 1.82) is 0 Å². The van der Waals surface area contributed by atoms with Gasteiger partial charge in [-0.25, -0.2) is 4.79 Å². The first-order valence-corrected chi connectivity index (χ1v) is 6.12. The van der Waals surface area contributed by atoms with Crippen LogP contribution < -0.4 is 10.4 Å². The molecule has 6 heteroatoms. The van der Waals surface area contributed by atoms with Crippen LogP contribution in [0, 0.1) is 6.92 Å². The molecule has 0 aliphatic rings. The van der Waals surface area contributed by atoms with E-state index in [1.54, 1.807) is 6.92 Å². The Bertz CT molecular complexity index is 686. The fourth-order valence-corrected chi connectivity index (χ4v) is 1.95. The second-order valence-electron chi connectivity index (χ2n) is 4.39. The van der Waals surface area contributed by atoms with Gasteiger partial charge in [0.1, 0.15) is 11.3 Å². The Balaban J connectivity index is 2.70. The number of hydrogen-bond donors (Lipinski definition) is 0. The minimum absolute atomic E-state index is 0.0848. The van der Waals surface area contributed by atoms with Gasteiger partial charge in [-0.3, -0.25) is 0 Å². The van der Waals surface area contributed by atoms with Crippen molar-refractivity contribution >= 4 is 11.0 Å². The summed E-state index contributed by atoms with van der Waals surface area (Å²) in [5.74, 6) is 0.418. The van der Waals surface area contributed by atoms with Crippen LogP contribution in [0.15, 0.2) is 27.4 Å². The Kier molecular flexibility index (Phi) is 3.74. The molecule has 0 bridgehead atoms. The molecule has 0 amide bonds. The smallest absolute Gasteiger partial charge is 0.417 e. The summed E-state index contributed by atoms with van der Waals surface area (Å²) in [6, 6.07) is 3.19. The van der Waals surface area contributed by atoms with Crippen molar-refractivity contribution in [3.63, 3.8) is 0 Å². The van der Waals surface area contributed by atoms with E-state index in [-0.39, 0.29) is 11.0 Å².